The van der Waals surface area contributed by atoms with Crippen molar-refractivity contribution in [2.45, 2.75) is 0 Å². The molecule has 4 nitrogen and oxygen atoms in total. The van der Waals surface area contributed by atoms with Gasteiger partial charge in [0.15, 0.2) is 0 Å². The van der Waals surface area contributed by atoms with E-state index in [1.54, 1.807) is 24.8 Å². The standard InChI is InChI=1S/C11H10N4/c1-2-7-13-10(4-1)9-14-15-11-5-3-6-12-8-11/h1-9,15H. The summed E-state index contributed by atoms with van der Waals surface area (Å²) in [7, 11) is 0. The summed E-state index contributed by atoms with van der Waals surface area (Å²) in [5.74, 6) is 0. The van der Waals surface area contributed by atoms with Crippen LogP contribution in [0, 0.1) is 0 Å². The van der Waals surface area contributed by atoms with Gasteiger partial charge in [0, 0.05) is 12.4 Å². The van der Waals surface area contributed by atoms with E-state index in [2.05, 4.69) is 20.5 Å². The van der Waals surface area contributed by atoms with Crippen LogP contribution in [0.1, 0.15) is 5.69 Å². The first kappa shape index (κ1) is 9.33. The topological polar surface area (TPSA) is 50.2 Å². The van der Waals surface area contributed by atoms with Gasteiger partial charge in [-0.15, -0.1) is 0 Å². The predicted octanol–water partition coefficient (Wildman–Crippen LogP) is 1.92. The van der Waals surface area contributed by atoms with Crippen LogP contribution < -0.4 is 5.43 Å². The van der Waals surface area contributed by atoms with Crippen molar-refractivity contribution in [3.05, 3.63) is 54.6 Å². The van der Waals surface area contributed by atoms with E-state index in [9.17, 15) is 0 Å². The van der Waals surface area contributed by atoms with Crippen molar-refractivity contribution < 1.29 is 0 Å². The van der Waals surface area contributed by atoms with Gasteiger partial charge in [0.25, 0.3) is 0 Å². The third-order valence-electron chi connectivity index (χ3n) is 1.74. The average Bonchev–Trinajstić information content (AvgIpc) is 2.32. The van der Waals surface area contributed by atoms with E-state index in [0.29, 0.717) is 0 Å². The molecule has 0 saturated carbocycles. The number of rotatable bonds is 3. The first-order valence-electron chi connectivity index (χ1n) is 4.55. The van der Waals surface area contributed by atoms with Crippen molar-refractivity contribution in [1.82, 2.24) is 9.97 Å². The van der Waals surface area contributed by atoms with E-state index in [-0.39, 0.29) is 0 Å². The number of nitrogens with one attached hydrogen (secondary N) is 1. The number of hydrogen-bond acceptors (Lipinski definition) is 4. The lowest BCUT2D eigenvalue weighted by molar-refractivity contribution is 1.25. The van der Waals surface area contributed by atoms with Crippen LogP contribution in [0.25, 0.3) is 0 Å². The first-order valence-corrected chi connectivity index (χ1v) is 4.55. The van der Waals surface area contributed by atoms with Crippen molar-refractivity contribution in [2.75, 3.05) is 5.43 Å². The molecular weight excluding hydrogens is 188 g/mol. The molecule has 0 atom stereocenters. The second-order valence-electron chi connectivity index (χ2n) is 2.87. The van der Waals surface area contributed by atoms with Crippen molar-refractivity contribution in [3.63, 3.8) is 0 Å². The molecule has 0 radical (unpaired) electrons. The van der Waals surface area contributed by atoms with Crippen molar-refractivity contribution in [3.8, 4) is 0 Å². The highest BCUT2D eigenvalue weighted by Gasteiger charge is 1.87. The smallest absolute Gasteiger partial charge is 0.0830 e. The van der Waals surface area contributed by atoms with Gasteiger partial charge in [-0.05, 0) is 24.3 Å². The Hall–Kier alpha value is -2.23. The zero-order valence-corrected chi connectivity index (χ0v) is 8.04. The molecule has 2 rings (SSSR count). The molecule has 0 unspecified atom stereocenters. The summed E-state index contributed by atoms with van der Waals surface area (Å²) in [5, 5.41) is 4.03. The van der Waals surface area contributed by atoms with Crippen LogP contribution in [0.4, 0.5) is 5.69 Å². The largest absolute Gasteiger partial charge is 0.277 e. The molecule has 0 aromatic carbocycles. The molecule has 0 saturated heterocycles. The maximum absolute atomic E-state index is 4.10. The summed E-state index contributed by atoms with van der Waals surface area (Å²) in [6.07, 6.45) is 6.81. The molecule has 2 aromatic rings. The predicted molar refractivity (Wildman–Crippen MR) is 59.7 cm³/mol. The maximum atomic E-state index is 4.10. The highest BCUT2D eigenvalue weighted by atomic mass is 15.3. The normalized spacial score (nSPS) is 10.4. The molecular formula is C11H10N4. The summed E-state index contributed by atoms with van der Waals surface area (Å²) in [4.78, 5) is 8.06. The number of hydrazone groups is 1. The molecule has 2 heterocycles. The molecule has 0 aliphatic rings. The number of pyridine rings is 2. The SMILES string of the molecule is C(=NNc1cccnc1)c1ccccn1. The Bertz CT molecular complexity index is 425. The van der Waals surface area contributed by atoms with E-state index in [1.165, 1.54) is 0 Å². The lowest BCUT2D eigenvalue weighted by Crippen LogP contribution is -1.92. The van der Waals surface area contributed by atoms with Gasteiger partial charge in [-0.1, -0.05) is 6.07 Å². The van der Waals surface area contributed by atoms with Crippen LogP contribution in [-0.4, -0.2) is 16.2 Å². The lowest BCUT2D eigenvalue weighted by Gasteiger charge is -1.97. The van der Waals surface area contributed by atoms with Gasteiger partial charge < -0.3 is 0 Å². The summed E-state index contributed by atoms with van der Waals surface area (Å²) < 4.78 is 0. The van der Waals surface area contributed by atoms with Gasteiger partial charge >= 0.3 is 0 Å². The van der Waals surface area contributed by atoms with Crippen LogP contribution in [0.5, 0.6) is 0 Å². The fourth-order valence-corrected chi connectivity index (χ4v) is 1.05. The third-order valence-corrected chi connectivity index (χ3v) is 1.74. The van der Waals surface area contributed by atoms with Crippen LogP contribution in [0.3, 0.4) is 0 Å². The second-order valence-corrected chi connectivity index (χ2v) is 2.87. The van der Waals surface area contributed by atoms with Crippen LogP contribution in [-0.2, 0) is 0 Å². The molecule has 74 valence electrons. The summed E-state index contributed by atoms with van der Waals surface area (Å²) in [6, 6.07) is 9.40. The van der Waals surface area contributed by atoms with Gasteiger partial charge in [-0.3, -0.25) is 15.4 Å². The Kier molecular flexibility index (Phi) is 3.02. The molecule has 4 heteroatoms. The maximum Gasteiger partial charge on any atom is 0.0830 e. The molecule has 0 bridgehead atoms. The van der Waals surface area contributed by atoms with Gasteiger partial charge in [0.1, 0.15) is 0 Å². The molecule has 0 aliphatic heterocycles. The highest BCUT2D eigenvalue weighted by Crippen LogP contribution is 2.01. The summed E-state index contributed by atoms with van der Waals surface area (Å²) >= 11 is 0. The Labute approximate surface area is 87.7 Å². The van der Waals surface area contributed by atoms with Crippen molar-refractivity contribution in [2.24, 2.45) is 5.10 Å². The monoisotopic (exact) mass is 198 g/mol. The molecule has 15 heavy (non-hydrogen) atoms. The van der Waals surface area contributed by atoms with E-state index < -0.39 is 0 Å². The summed E-state index contributed by atoms with van der Waals surface area (Å²) in [6.45, 7) is 0. The van der Waals surface area contributed by atoms with Crippen LogP contribution in [0.2, 0.25) is 0 Å². The highest BCUT2D eigenvalue weighted by molar-refractivity contribution is 5.77. The van der Waals surface area contributed by atoms with E-state index in [4.69, 9.17) is 0 Å². The van der Waals surface area contributed by atoms with Crippen molar-refractivity contribution >= 4 is 11.9 Å². The fourth-order valence-electron chi connectivity index (χ4n) is 1.05. The molecule has 1 N–H and O–H groups in total. The zero-order chi connectivity index (χ0) is 10.3. The average molecular weight is 198 g/mol. The van der Waals surface area contributed by atoms with Gasteiger partial charge in [-0.2, -0.15) is 5.10 Å². The Morgan fingerprint density at radius 1 is 1.13 bits per heavy atom. The molecule has 2 aromatic heterocycles. The number of nitrogens with zero attached hydrogens (tertiary/aromatic N) is 3. The molecule has 0 aliphatic carbocycles. The number of hydrogen-bond donors (Lipinski definition) is 1. The zero-order valence-electron chi connectivity index (χ0n) is 8.04. The minimum atomic E-state index is 0.814. The minimum absolute atomic E-state index is 0.814. The van der Waals surface area contributed by atoms with E-state index in [1.807, 2.05) is 30.3 Å². The van der Waals surface area contributed by atoms with Crippen LogP contribution in [0.15, 0.2) is 54.0 Å². The quantitative estimate of drug-likeness (QED) is 0.605. The Balaban J connectivity index is 1.97. The Morgan fingerprint density at radius 3 is 2.87 bits per heavy atom. The number of anilines is 1. The second kappa shape index (κ2) is 4.85. The molecule has 0 spiro atoms. The van der Waals surface area contributed by atoms with Crippen molar-refractivity contribution in [1.29, 1.82) is 0 Å². The Morgan fingerprint density at radius 2 is 2.13 bits per heavy atom. The molecule has 0 amide bonds. The summed E-state index contributed by atoms with van der Waals surface area (Å²) in [5.41, 5.74) is 4.53. The van der Waals surface area contributed by atoms with Gasteiger partial charge in [0.2, 0.25) is 0 Å². The van der Waals surface area contributed by atoms with E-state index >= 15 is 0 Å². The molecule has 0 fully saturated rings. The minimum Gasteiger partial charge on any atom is -0.277 e. The van der Waals surface area contributed by atoms with Gasteiger partial charge in [0.05, 0.1) is 23.8 Å². The lowest BCUT2D eigenvalue weighted by atomic mass is 10.4. The van der Waals surface area contributed by atoms with Gasteiger partial charge in [-0.25, -0.2) is 0 Å². The third kappa shape index (κ3) is 2.87. The fraction of sp³-hybridized carbons (Fsp3) is 0. The van der Waals surface area contributed by atoms with E-state index in [0.717, 1.165) is 11.4 Å². The first-order chi connectivity index (χ1) is 7.45. The number of aromatic nitrogens is 2. The van der Waals surface area contributed by atoms with Crippen LogP contribution >= 0.6 is 0 Å².